The van der Waals surface area contributed by atoms with Crippen molar-refractivity contribution in [3.05, 3.63) is 64.9 Å². The van der Waals surface area contributed by atoms with Crippen LogP contribution in [0.1, 0.15) is 4.88 Å². The number of carbonyl (C=O) groups is 1. The zero-order valence-corrected chi connectivity index (χ0v) is 15.4. The number of anilines is 3. The molecule has 1 amide bonds. The van der Waals surface area contributed by atoms with Crippen molar-refractivity contribution < 1.29 is 14.3 Å². The van der Waals surface area contributed by atoms with Gasteiger partial charge in [-0.25, -0.2) is 0 Å². The highest BCUT2D eigenvalue weighted by Gasteiger charge is 2.07. The molecule has 0 aliphatic heterocycles. The van der Waals surface area contributed by atoms with E-state index in [-0.39, 0.29) is 5.91 Å². The smallest absolute Gasteiger partial charge is 0.229 e. The minimum absolute atomic E-state index is 0.0232. The molecule has 134 valence electrons. The molecule has 3 aromatic rings. The van der Waals surface area contributed by atoms with Crippen LogP contribution in [-0.4, -0.2) is 20.1 Å². The number of amides is 1. The Morgan fingerprint density at radius 2 is 1.77 bits per heavy atom. The molecule has 3 rings (SSSR count). The predicted octanol–water partition coefficient (Wildman–Crippen LogP) is 4.69. The molecule has 0 atom stereocenters. The van der Waals surface area contributed by atoms with Gasteiger partial charge in [-0.05, 0) is 47.8 Å². The third-order valence-corrected chi connectivity index (χ3v) is 4.65. The van der Waals surface area contributed by atoms with Crippen molar-refractivity contribution in [1.82, 2.24) is 0 Å². The molecule has 0 spiro atoms. The van der Waals surface area contributed by atoms with E-state index in [1.165, 1.54) is 0 Å². The maximum Gasteiger partial charge on any atom is 0.229 e. The van der Waals surface area contributed by atoms with Gasteiger partial charge >= 0.3 is 0 Å². The Balaban J connectivity index is 1.63. The zero-order chi connectivity index (χ0) is 18.4. The molecule has 0 saturated heterocycles. The van der Waals surface area contributed by atoms with Crippen LogP contribution >= 0.6 is 11.3 Å². The highest BCUT2D eigenvalue weighted by atomic mass is 32.1. The first-order chi connectivity index (χ1) is 12.7. The fraction of sp³-hybridized carbons (Fsp3) is 0.150. The highest BCUT2D eigenvalue weighted by molar-refractivity contribution is 7.10. The van der Waals surface area contributed by atoms with E-state index in [0.29, 0.717) is 12.2 Å². The van der Waals surface area contributed by atoms with Gasteiger partial charge in [0.2, 0.25) is 5.91 Å². The van der Waals surface area contributed by atoms with Gasteiger partial charge < -0.3 is 20.1 Å². The SMILES string of the molecule is COc1ccc(Nc2ccc(NC(=O)Cc3cccs3)cc2)c(OC)c1. The van der Waals surface area contributed by atoms with Gasteiger partial charge in [-0.1, -0.05) is 6.07 Å². The number of benzene rings is 2. The highest BCUT2D eigenvalue weighted by Crippen LogP contribution is 2.31. The quantitative estimate of drug-likeness (QED) is 0.635. The van der Waals surface area contributed by atoms with E-state index in [4.69, 9.17) is 9.47 Å². The predicted molar refractivity (Wildman–Crippen MR) is 106 cm³/mol. The summed E-state index contributed by atoms with van der Waals surface area (Å²) in [5, 5.41) is 8.18. The summed E-state index contributed by atoms with van der Waals surface area (Å²) in [6.45, 7) is 0. The summed E-state index contributed by atoms with van der Waals surface area (Å²) in [5.41, 5.74) is 2.49. The summed E-state index contributed by atoms with van der Waals surface area (Å²) < 4.78 is 10.6. The first-order valence-corrected chi connectivity index (χ1v) is 8.97. The Bertz CT molecular complexity index is 861. The molecule has 2 N–H and O–H groups in total. The molecule has 0 unspecified atom stereocenters. The van der Waals surface area contributed by atoms with Crippen molar-refractivity contribution >= 4 is 34.3 Å². The lowest BCUT2D eigenvalue weighted by molar-refractivity contribution is -0.115. The topological polar surface area (TPSA) is 59.6 Å². The number of hydrogen-bond donors (Lipinski definition) is 2. The molecule has 0 aliphatic rings. The average molecular weight is 368 g/mol. The Kier molecular flexibility index (Phi) is 5.76. The number of nitrogens with one attached hydrogen (secondary N) is 2. The second-order valence-electron chi connectivity index (χ2n) is 5.57. The van der Waals surface area contributed by atoms with Crippen LogP contribution in [0.15, 0.2) is 60.0 Å². The molecule has 5 nitrogen and oxygen atoms in total. The summed E-state index contributed by atoms with van der Waals surface area (Å²) in [6.07, 6.45) is 0.390. The van der Waals surface area contributed by atoms with Crippen LogP contribution in [0.3, 0.4) is 0 Å². The van der Waals surface area contributed by atoms with Gasteiger partial charge in [0.15, 0.2) is 0 Å². The molecule has 0 aliphatic carbocycles. The van der Waals surface area contributed by atoms with Crippen LogP contribution in [0.25, 0.3) is 0 Å². The zero-order valence-electron chi connectivity index (χ0n) is 14.6. The Morgan fingerprint density at radius 1 is 1.00 bits per heavy atom. The van der Waals surface area contributed by atoms with E-state index in [1.54, 1.807) is 25.6 Å². The number of ether oxygens (including phenoxy) is 2. The second-order valence-corrected chi connectivity index (χ2v) is 6.61. The third-order valence-electron chi connectivity index (χ3n) is 3.77. The number of hydrogen-bond acceptors (Lipinski definition) is 5. The second kappa shape index (κ2) is 8.40. The molecule has 0 fully saturated rings. The van der Waals surface area contributed by atoms with Crippen LogP contribution in [0.5, 0.6) is 11.5 Å². The monoisotopic (exact) mass is 368 g/mol. The summed E-state index contributed by atoms with van der Waals surface area (Å²) in [7, 11) is 3.24. The Morgan fingerprint density at radius 3 is 2.42 bits per heavy atom. The third kappa shape index (κ3) is 4.55. The summed E-state index contributed by atoms with van der Waals surface area (Å²) in [5.74, 6) is 1.40. The van der Waals surface area contributed by atoms with Crippen molar-refractivity contribution in [3.8, 4) is 11.5 Å². The van der Waals surface area contributed by atoms with Gasteiger partial charge in [-0.2, -0.15) is 0 Å². The molecule has 0 bridgehead atoms. The molecule has 2 aromatic carbocycles. The Labute approximate surface area is 156 Å². The lowest BCUT2D eigenvalue weighted by Gasteiger charge is -2.13. The van der Waals surface area contributed by atoms with Crippen molar-refractivity contribution in [2.75, 3.05) is 24.9 Å². The van der Waals surface area contributed by atoms with E-state index < -0.39 is 0 Å². The first-order valence-electron chi connectivity index (χ1n) is 8.09. The minimum atomic E-state index is -0.0232. The van der Waals surface area contributed by atoms with Crippen molar-refractivity contribution in [1.29, 1.82) is 0 Å². The van der Waals surface area contributed by atoms with Crippen LogP contribution in [0, 0.1) is 0 Å². The molecule has 6 heteroatoms. The largest absolute Gasteiger partial charge is 0.497 e. The van der Waals surface area contributed by atoms with E-state index >= 15 is 0 Å². The Hall–Kier alpha value is -2.99. The van der Waals surface area contributed by atoms with Gasteiger partial charge in [-0.15, -0.1) is 11.3 Å². The molecule has 1 aromatic heterocycles. The minimum Gasteiger partial charge on any atom is -0.497 e. The van der Waals surface area contributed by atoms with E-state index in [0.717, 1.165) is 27.7 Å². The summed E-state index contributed by atoms with van der Waals surface area (Å²) >= 11 is 1.58. The molecule has 26 heavy (non-hydrogen) atoms. The molecule has 0 radical (unpaired) electrons. The lowest BCUT2D eigenvalue weighted by Crippen LogP contribution is -2.13. The van der Waals surface area contributed by atoms with Crippen LogP contribution in [0.4, 0.5) is 17.1 Å². The van der Waals surface area contributed by atoms with Crippen LogP contribution in [-0.2, 0) is 11.2 Å². The first kappa shape index (κ1) is 17.8. The van der Waals surface area contributed by atoms with Crippen molar-refractivity contribution in [2.24, 2.45) is 0 Å². The number of carbonyl (C=O) groups excluding carboxylic acids is 1. The van der Waals surface area contributed by atoms with Gasteiger partial charge in [0.25, 0.3) is 0 Å². The molecule has 1 heterocycles. The van der Waals surface area contributed by atoms with Crippen molar-refractivity contribution in [2.45, 2.75) is 6.42 Å². The fourth-order valence-electron chi connectivity index (χ4n) is 2.47. The lowest BCUT2D eigenvalue weighted by atomic mass is 10.2. The molecule has 0 saturated carbocycles. The van der Waals surface area contributed by atoms with E-state index in [2.05, 4.69) is 10.6 Å². The van der Waals surface area contributed by atoms with Crippen LogP contribution < -0.4 is 20.1 Å². The van der Waals surface area contributed by atoms with Gasteiger partial charge in [-0.3, -0.25) is 4.79 Å². The van der Waals surface area contributed by atoms with Gasteiger partial charge in [0.1, 0.15) is 11.5 Å². The molecular weight excluding hydrogens is 348 g/mol. The maximum atomic E-state index is 12.1. The maximum absolute atomic E-state index is 12.1. The average Bonchev–Trinajstić information content (AvgIpc) is 3.16. The fourth-order valence-corrected chi connectivity index (χ4v) is 3.17. The van der Waals surface area contributed by atoms with E-state index in [1.807, 2.05) is 60.0 Å². The van der Waals surface area contributed by atoms with Crippen LogP contribution in [0.2, 0.25) is 0 Å². The van der Waals surface area contributed by atoms with Gasteiger partial charge in [0, 0.05) is 22.3 Å². The normalized spacial score (nSPS) is 10.2. The standard InChI is InChI=1S/C20H20N2O3S/c1-24-16-9-10-18(19(12-16)25-2)21-14-5-7-15(8-6-14)22-20(23)13-17-4-3-11-26-17/h3-12,21H,13H2,1-2H3,(H,22,23). The summed E-state index contributed by atoms with van der Waals surface area (Å²) in [6, 6.07) is 17.0. The van der Waals surface area contributed by atoms with E-state index in [9.17, 15) is 4.79 Å². The number of rotatable bonds is 7. The number of thiophene rings is 1. The number of methoxy groups -OCH3 is 2. The van der Waals surface area contributed by atoms with Gasteiger partial charge in [0.05, 0.1) is 26.3 Å². The summed E-state index contributed by atoms with van der Waals surface area (Å²) in [4.78, 5) is 13.1. The van der Waals surface area contributed by atoms with Crippen molar-refractivity contribution in [3.63, 3.8) is 0 Å². The molecular formula is C20H20N2O3S.